The summed E-state index contributed by atoms with van der Waals surface area (Å²) in [6.45, 7) is 5.30. The van der Waals surface area contributed by atoms with Gasteiger partial charge in [-0.3, -0.25) is 0 Å². The highest BCUT2D eigenvalue weighted by Gasteiger charge is 2.09. The molecule has 2 aromatic rings. The SMILES string of the molecule is COCCCNC(=O)Nc1cnc2c(cnn2C(C)C)c1. The first kappa shape index (κ1) is 15.2. The van der Waals surface area contributed by atoms with Gasteiger partial charge in [-0.15, -0.1) is 0 Å². The number of carbonyl (C=O) groups is 1. The van der Waals surface area contributed by atoms with Gasteiger partial charge in [0.15, 0.2) is 5.65 Å². The molecule has 2 aromatic heterocycles. The summed E-state index contributed by atoms with van der Waals surface area (Å²) in [4.78, 5) is 16.1. The molecular weight excluding hydrogens is 270 g/mol. The number of methoxy groups -OCH3 is 1. The van der Waals surface area contributed by atoms with Gasteiger partial charge in [-0.1, -0.05) is 0 Å². The number of nitrogens with one attached hydrogen (secondary N) is 2. The first-order valence-corrected chi connectivity index (χ1v) is 6.99. The Hall–Kier alpha value is -2.15. The van der Waals surface area contributed by atoms with Gasteiger partial charge in [0, 0.05) is 31.7 Å². The van der Waals surface area contributed by atoms with Gasteiger partial charge in [0.05, 0.1) is 18.1 Å². The molecule has 7 nitrogen and oxygen atoms in total. The third-order valence-electron chi connectivity index (χ3n) is 2.99. The quantitative estimate of drug-likeness (QED) is 0.799. The first-order valence-electron chi connectivity index (χ1n) is 6.99. The molecule has 0 fully saturated rings. The van der Waals surface area contributed by atoms with Crippen LogP contribution in [0.15, 0.2) is 18.5 Å². The van der Waals surface area contributed by atoms with E-state index < -0.39 is 0 Å². The van der Waals surface area contributed by atoms with Crippen LogP contribution in [0.4, 0.5) is 10.5 Å². The number of aromatic nitrogens is 3. The van der Waals surface area contributed by atoms with E-state index in [2.05, 4.69) is 20.7 Å². The lowest BCUT2D eigenvalue weighted by Crippen LogP contribution is -2.30. The summed E-state index contributed by atoms with van der Waals surface area (Å²) < 4.78 is 6.77. The third kappa shape index (κ3) is 3.91. The lowest BCUT2D eigenvalue weighted by Gasteiger charge is -2.08. The van der Waals surface area contributed by atoms with E-state index in [4.69, 9.17) is 4.74 Å². The molecule has 0 atom stereocenters. The number of anilines is 1. The van der Waals surface area contributed by atoms with Gasteiger partial charge in [0.1, 0.15) is 0 Å². The third-order valence-corrected chi connectivity index (χ3v) is 2.99. The van der Waals surface area contributed by atoms with Crippen molar-refractivity contribution in [2.45, 2.75) is 26.3 Å². The van der Waals surface area contributed by atoms with Crippen LogP contribution in [0.25, 0.3) is 11.0 Å². The summed E-state index contributed by atoms with van der Waals surface area (Å²) >= 11 is 0. The number of pyridine rings is 1. The molecule has 0 aromatic carbocycles. The van der Waals surface area contributed by atoms with Gasteiger partial charge in [-0.05, 0) is 26.3 Å². The van der Waals surface area contributed by atoms with Gasteiger partial charge in [0.25, 0.3) is 0 Å². The van der Waals surface area contributed by atoms with Crippen molar-refractivity contribution < 1.29 is 9.53 Å². The normalized spacial score (nSPS) is 11.0. The van der Waals surface area contributed by atoms with Crippen molar-refractivity contribution >= 4 is 22.8 Å². The second kappa shape index (κ2) is 7.03. The maximum Gasteiger partial charge on any atom is 0.319 e. The van der Waals surface area contributed by atoms with Crippen LogP contribution in [0.5, 0.6) is 0 Å². The molecule has 0 radical (unpaired) electrons. The number of fused-ring (bicyclic) bond motifs is 1. The molecule has 2 rings (SSSR count). The van der Waals surface area contributed by atoms with E-state index in [1.807, 2.05) is 24.6 Å². The van der Waals surface area contributed by atoms with Crippen LogP contribution in [0.3, 0.4) is 0 Å². The Bertz CT molecular complexity index is 608. The molecule has 0 saturated carbocycles. The Labute approximate surface area is 123 Å². The average Bonchev–Trinajstić information content (AvgIpc) is 2.87. The molecule has 0 unspecified atom stereocenters. The van der Waals surface area contributed by atoms with Gasteiger partial charge >= 0.3 is 6.03 Å². The van der Waals surface area contributed by atoms with Crippen molar-refractivity contribution in [3.63, 3.8) is 0 Å². The maximum absolute atomic E-state index is 11.7. The predicted octanol–water partition coefficient (Wildman–Crippen LogP) is 2.17. The second-order valence-corrected chi connectivity index (χ2v) is 5.05. The van der Waals surface area contributed by atoms with Crippen molar-refractivity contribution in [2.75, 3.05) is 25.6 Å². The smallest absolute Gasteiger partial charge is 0.319 e. The summed E-state index contributed by atoms with van der Waals surface area (Å²) in [6, 6.07) is 1.87. The van der Waals surface area contributed by atoms with Crippen molar-refractivity contribution in [3.8, 4) is 0 Å². The maximum atomic E-state index is 11.7. The molecule has 0 aliphatic carbocycles. The number of rotatable bonds is 6. The Balaban J connectivity index is 1.98. The van der Waals surface area contributed by atoms with Crippen LogP contribution in [0.1, 0.15) is 26.3 Å². The Kier molecular flexibility index (Phi) is 5.10. The largest absolute Gasteiger partial charge is 0.385 e. The van der Waals surface area contributed by atoms with Crippen LogP contribution >= 0.6 is 0 Å². The van der Waals surface area contributed by atoms with Crippen LogP contribution in [0.2, 0.25) is 0 Å². The highest BCUT2D eigenvalue weighted by atomic mass is 16.5. The van der Waals surface area contributed by atoms with E-state index >= 15 is 0 Å². The standard InChI is InChI=1S/C14H21N5O2/c1-10(2)19-13-11(8-17-19)7-12(9-16-13)18-14(20)15-5-4-6-21-3/h7-10H,4-6H2,1-3H3,(H2,15,18,20). The number of urea groups is 1. The zero-order valence-electron chi connectivity index (χ0n) is 12.6. The zero-order valence-corrected chi connectivity index (χ0v) is 12.6. The van der Waals surface area contributed by atoms with Crippen LogP contribution in [0, 0.1) is 0 Å². The molecule has 2 N–H and O–H groups in total. The fourth-order valence-electron chi connectivity index (χ4n) is 1.98. The van der Waals surface area contributed by atoms with Crippen molar-refractivity contribution in [1.82, 2.24) is 20.1 Å². The van der Waals surface area contributed by atoms with Gasteiger partial charge in [0.2, 0.25) is 0 Å². The fraction of sp³-hybridized carbons (Fsp3) is 0.500. The van der Waals surface area contributed by atoms with Crippen LogP contribution in [-0.2, 0) is 4.74 Å². The molecule has 7 heteroatoms. The summed E-state index contributed by atoms with van der Waals surface area (Å²) in [5.41, 5.74) is 1.46. The van der Waals surface area contributed by atoms with Crippen LogP contribution in [-0.4, -0.2) is 41.1 Å². The summed E-state index contributed by atoms with van der Waals surface area (Å²) in [7, 11) is 1.64. The molecule has 0 saturated heterocycles. The molecule has 21 heavy (non-hydrogen) atoms. The summed E-state index contributed by atoms with van der Waals surface area (Å²) in [5.74, 6) is 0. The Morgan fingerprint density at radius 2 is 2.24 bits per heavy atom. The zero-order chi connectivity index (χ0) is 15.2. The molecule has 0 bridgehead atoms. The molecular formula is C14H21N5O2. The minimum absolute atomic E-state index is 0.247. The van der Waals surface area contributed by atoms with E-state index in [1.54, 1.807) is 19.5 Å². The second-order valence-electron chi connectivity index (χ2n) is 5.05. The molecule has 2 amide bonds. The molecule has 2 heterocycles. The number of carbonyl (C=O) groups excluding carboxylic acids is 1. The molecule has 0 aliphatic heterocycles. The van der Waals surface area contributed by atoms with Crippen molar-refractivity contribution in [3.05, 3.63) is 18.5 Å². The Morgan fingerprint density at radius 3 is 2.95 bits per heavy atom. The number of hydrogen-bond acceptors (Lipinski definition) is 4. The highest BCUT2D eigenvalue weighted by molar-refractivity contribution is 5.91. The number of hydrogen-bond donors (Lipinski definition) is 2. The monoisotopic (exact) mass is 291 g/mol. The van der Waals surface area contributed by atoms with E-state index in [1.165, 1.54) is 0 Å². The Morgan fingerprint density at radius 1 is 1.43 bits per heavy atom. The summed E-state index contributed by atoms with van der Waals surface area (Å²) in [6.07, 6.45) is 4.17. The fourth-order valence-corrected chi connectivity index (χ4v) is 1.98. The number of amides is 2. The van der Waals surface area contributed by atoms with Gasteiger partial charge in [-0.2, -0.15) is 5.10 Å². The van der Waals surface area contributed by atoms with E-state index in [0.29, 0.717) is 18.8 Å². The average molecular weight is 291 g/mol. The minimum Gasteiger partial charge on any atom is -0.385 e. The van der Waals surface area contributed by atoms with E-state index in [0.717, 1.165) is 17.5 Å². The lowest BCUT2D eigenvalue weighted by molar-refractivity contribution is 0.194. The topological polar surface area (TPSA) is 81.1 Å². The highest BCUT2D eigenvalue weighted by Crippen LogP contribution is 2.18. The van der Waals surface area contributed by atoms with Gasteiger partial charge in [-0.25, -0.2) is 14.5 Å². The number of nitrogens with zero attached hydrogens (tertiary/aromatic N) is 3. The summed E-state index contributed by atoms with van der Waals surface area (Å²) in [5, 5.41) is 10.7. The molecule has 0 aliphatic rings. The van der Waals surface area contributed by atoms with E-state index in [-0.39, 0.29) is 12.1 Å². The predicted molar refractivity (Wildman–Crippen MR) is 81.4 cm³/mol. The first-order chi connectivity index (χ1) is 10.1. The minimum atomic E-state index is -0.247. The van der Waals surface area contributed by atoms with E-state index in [9.17, 15) is 4.79 Å². The van der Waals surface area contributed by atoms with Gasteiger partial charge < -0.3 is 15.4 Å². The molecule has 0 spiro atoms. The van der Waals surface area contributed by atoms with Crippen molar-refractivity contribution in [1.29, 1.82) is 0 Å². The van der Waals surface area contributed by atoms with Crippen molar-refractivity contribution in [2.24, 2.45) is 0 Å². The number of ether oxygens (including phenoxy) is 1. The molecule has 114 valence electrons. The lowest BCUT2D eigenvalue weighted by atomic mass is 10.3. The van der Waals surface area contributed by atoms with Crippen LogP contribution < -0.4 is 10.6 Å².